The van der Waals surface area contributed by atoms with E-state index in [-0.39, 0.29) is 12.5 Å². The molecule has 1 fully saturated rings. The molecule has 0 heterocycles. The molecule has 0 bridgehead atoms. The number of carboxylic acid groups (broad SMARTS) is 1. The molecule has 1 aliphatic carbocycles. The molecule has 0 aromatic heterocycles. The van der Waals surface area contributed by atoms with Gasteiger partial charge in [-0.3, -0.25) is 0 Å². The first-order valence-electron chi connectivity index (χ1n) is 7.25. The monoisotopic (exact) mass is 290 g/mol. The first-order chi connectivity index (χ1) is 9.97. The van der Waals surface area contributed by atoms with E-state index in [0.717, 1.165) is 12.0 Å². The molecule has 0 saturated heterocycles. The molecular formula is C16H22N2O3. The van der Waals surface area contributed by atoms with Gasteiger partial charge in [0.1, 0.15) is 6.04 Å². The van der Waals surface area contributed by atoms with Gasteiger partial charge >= 0.3 is 12.0 Å². The molecule has 1 aromatic carbocycles. The molecule has 1 aromatic rings. The summed E-state index contributed by atoms with van der Waals surface area (Å²) in [6, 6.07) is 8.09. The van der Waals surface area contributed by atoms with Crippen molar-refractivity contribution in [3.63, 3.8) is 0 Å². The van der Waals surface area contributed by atoms with Crippen LogP contribution in [0.15, 0.2) is 30.3 Å². The number of hydrogen-bond donors (Lipinski definition) is 2. The highest BCUT2D eigenvalue weighted by Crippen LogP contribution is 2.37. The predicted molar refractivity (Wildman–Crippen MR) is 80.0 cm³/mol. The van der Waals surface area contributed by atoms with Crippen LogP contribution in [-0.2, 0) is 11.2 Å². The molecule has 2 rings (SSSR count). The molecule has 0 spiro atoms. The van der Waals surface area contributed by atoms with Gasteiger partial charge in [-0.15, -0.1) is 0 Å². The number of amides is 2. The van der Waals surface area contributed by atoms with E-state index in [9.17, 15) is 14.7 Å². The average Bonchev–Trinajstić information content (AvgIpc) is 3.14. The first kappa shape index (κ1) is 15.4. The summed E-state index contributed by atoms with van der Waals surface area (Å²) in [5.41, 5.74) is 0.892. The minimum absolute atomic E-state index is 0.287. The molecule has 2 N–H and O–H groups in total. The van der Waals surface area contributed by atoms with Crippen LogP contribution in [0.5, 0.6) is 0 Å². The summed E-state index contributed by atoms with van der Waals surface area (Å²) >= 11 is 0. The third-order valence-electron chi connectivity index (χ3n) is 4.01. The van der Waals surface area contributed by atoms with Crippen molar-refractivity contribution in [1.82, 2.24) is 10.2 Å². The van der Waals surface area contributed by atoms with Crippen LogP contribution < -0.4 is 5.32 Å². The second kappa shape index (κ2) is 6.61. The van der Waals surface area contributed by atoms with Gasteiger partial charge in [0.25, 0.3) is 0 Å². The summed E-state index contributed by atoms with van der Waals surface area (Å²) in [7, 11) is 1.71. The standard InChI is InChI=1S/C16H22N2O3/c1-11-8-13(11)10-18(2)16(21)17-14(15(19)20)9-12-6-4-3-5-7-12/h3-7,11,13-14H,8-10H2,1-2H3,(H,17,21)(H,19,20)/t11?,13?,14-/m0/s1. The first-order valence-corrected chi connectivity index (χ1v) is 7.25. The lowest BCUT2D eigenvalue weighted by Gasteiger charge is -2.21. The quantitative estimate of drug-likeness (QED) is 0.841. The fraction of sp³-hybridized carbons (Fsp3) is 0.500. The van der Waals surface area contributed by atoms with Gasteiger partial charge in [-0.25, -0.2) is 9.59 Å². The molecule has 0 radical (unpaired) electrons. The van der Waals surface area contributed by atoms with Crippen LogP contribution in [0.3, 0.4) is 0 Å². The van der Waals surface area contributed by atoms with E-state index >= 15 is 0 Å². The van der Waals surface area contributed by atoms with Crippen LogP contribution >= 0.6 is 0 Å². The zero-order valence-electron chi connectivity index (χ0n) is 12.5. The number of carbonyl (C=O) groups is 2. The van der Waals surface area contributed by atoms with Crippen LogP contribution in [0.25, 0.3) is 0 Å². The van der Waals surface area contributed by atoms with E-state index < -0.39 is 12.0 Å². The Hall–Kier alpha value is -2.04. The Morgan fingerprint density at radius 3 is 2.52 bits per heavy atom. The molecule has 1 saturated carbocycles. The van der Waals surface area contributed by atoms with Gasteiger partial charge in [0.15, 0.2) is 0 Å². The lowest BCUT2D eigenvalue weighted by Crippen LogP contribution is -2.48. The number of rotatable bonds is 6. The van der Waals surface area contributed by atoms with Gasteiger partial charge in [0, 0.05) is 20.0 Å². The molecule has 3 atom stereocenters. The smallest absolute Gasteiger partial charge is 0.326 e. The number of hydrogen-bond acceptors (Lipinski definition) is 2. The number of urea groups is 1. The van der Waals surface area contributed by atoms with Crippen LogP contribution in [0.2, 0.25) is 0 Å². The third kappa shape index (κ3) is 4.48. The second-order valence-electron chi connectivity index (χ2n) is 5.88. The fourth-order valence-electron chi connectivity index (χ4n) is 2.40. The van der Waals surface area contributed by atoms with Crippen molar-refractivity contribution < 1.29 is 14.7 Å². The maximum Gasteiger partial charge on any atom is 0.326 e. The van der Waals surface area contributed by atoms with E-state index in [2.05, 4.69) is 12.2 Å². The van der Waals surface area contributed by atoms with Gasteiger partial charge in [0.2, 0.25) is 0 Å². The van der Waals surface area contributed by atoms with Crippen molar-refractivity contribution in [2.24, 2.45) is 11.8 Å². The lowest BCUT2D eigenvalue weighted by atomic mass is 10.1. The topological polar surface area (TPSA) is 69.6 Å². The minimum Gasteiger partial charge on any atom is -0.480 e. The molecule has 2 unspecified atom stereocenters. The Balaban J connectivity index is 1.89. The number of carboxylic acids is 1. The van der Waals surface area contributed by atoms with E-state index in [1.165, 1.54) is 0 Å². The van der Waals surface area contributed by atoms with Gasteiger partial charge in [0.05, 0.1) is 0 Å². The van der Waals surface area contributed by atoms with Crippen LogP contribution in [0, 0.1) is 11.8 Å². The summed E-state index contributed by atoms with van der Waals surface area (Å²) in [4.78, 5) is 25.0. The number of nitrogens with one attached hydrogen (secondary N) is 1. The largest absolute Gasteiger partial charge is 0.480 e. The molecular weight excluding hydrogens is 268 g/mol. The molecule has 2 amide bonds. The number of benzene rings is 1. The van der Waals surface area contributed by atoms with Crippen LogP contribution in [-0.4, -0.2) is 41.6 Å². The van der Waals surface area contributed by atoms with Gasteiger partial charge in [-0.2, -0.15) is 0 Å². The summed E-state index contributed by atoms with van der Waals surface area (Å²) in [5, 5.41) is 11.9. The Bertz CT molecular complexity index is 504. The van der Waals surface area contributed by atoms with Crippen molar-refractivity contribution in [1.29, 1.82) is 0 Å². The normalized spacial score (nSPS) is 21.4. The summed E-state index contributed by atoms with van der Waals surface area (Å²) < 4.78 is 0. The predicted octanol–water partition coefficient (Wildman–Crippen LogP) is 1.98. The molecule has 0 aliphatic heterocycles. The number of aliphatic carboxylic acids is 1. The highest BCUT2D eigenvalue weighted by molar-refractivity contribution is 5.82. The number of nitrogens with zero attached hydrogens (tertiary/aromatic N) is 1. The van der Waals surface area contributed by atoms with E-state index in [0.29, 0.717) is 18.4 Å². The van der Waals surface area contributed by atoms with E-state index in [1.54, 1.807) is 11.9 Å². The average molecular weight is 290 g/mol. The summed E-state index contributed by atoms with van der Waals surface area (Å²) in [6.07, 6.45) is 1.43. The molecule has 1 aliphatic rings. The maximum absolute atomic E-state index is 12.1. The van der Waals surface area contributed by atoms with Crippen molar-refractivity contribution in [2.45, 2.75) is 25.8 Å². The van der Waals surface area contributed by atoms with Crippen molar-refractivity contribution in [3.8, 4) is 0 Å². The molecule has 5 heteroatoms. The molecule has 21 heavy (non-hydrogen) atoms. The zero-order valence-corrected chi connectivity index (χ0v) is 12.5. The number of carbonyl (C=O) groups excluding carboxylic acids is 1. The van der Waals surface area contributed by atoms with Crippen molar-refractivity contribution in [2.75, 3.05) is 13.6 Å². The van der Waals surface area contributed by atoms with Crippen LogP contribution in [0.4, 0.5) is 4.79 Å². The third-order valence-corrected chi connectivity index (χ3v) is 4.01. The Labute approximate surface area is 125 Å². The minimum atomic E-state index is -1.01. The lowest BCUT2D eigenvalue weighted by molar-refractivity contribution is -0.139. The SMILES string of the molecule is CC1CC1CN(C)C(=O)N[C@@H](Cc1ccccc1)C(=O)O. The van der Waals surface area contributed by atoms with Gasteiger partial charge in [-0.1, -0.05) is 37.3 Å². The van der Waals surface area contributed by atoms with Crippen molar-refractivity contribution in [3.05, 3.63) is 35.9 Å². The van der Waals surface area contributed by atoms with Crippen molar-refractivity contribution >= 4 is 12.0 Å². The Kier molecular flexibility index (Phi) is 4.83. The van der Waals surface area contributed by atoms with E-state index in [1.807, 2.05) is 30.3 Å². The summed E-state index contributed by atoms with van der Waals surface area (Å²) in [5.74, 6) is 0.207. The molecule has 5 nitrogen and oxygen atoms in total. The Morgan fingerprint density at radius 2 is 2.00 bits per heavy atom. The molecule has 114 valence electrons. The van der Waals surface area contributed by atoms with Crippen LogP contribution in [0.1, 0.15) is 18.9 Å². The van der Waals surface area contributed by atoms with E-state index in [4.69, 9.17) is 0 Å². The fourth-order valence-corrected chi connectivity index (χ4v) is 2.40. The summed E-state index contributed by atoms with van der Waals surface area (Å²) in [6.45, 7) is 2.84. The zero-order chi connectivity index (χ0) is 15.4. The van der Waals surface area contributed by atoms with Gasteiger partial charge < -0.3 is 15.3 Å². The maximum atomic E-state index is 12.1. The highest BCUT2D eigenvalue weighted by atomic mass is 16.4. The highest BCUT2D eigenvalue weighted by Gasteiger charge is 2.34. The Morgan fingerprint density at radius 1 is 1.38 bits per heavy atom. The van der Waals surface area contributed by atoms with Gasteiger partial charge in [-0.05, 0) is 23.8 Å². The second-order valence-corrected chi connectivity index (χ2v) is 5.88.